The van der Waals surface area contributed by atoms with Gasteiger partial charge in [0.15, 0.2) is 11.0 Å². The van der Waals surface area contributed by atoms with E-state index in [1.807, 2.05) is 53.1 Å². The second-order valence-corrected chi connectivity index (χ2v) is 8.48. The Bertz CT molecular complexity index is 990. The summed E-state index contributed by atoms with van der Waals surface area (Å²) in [7, 11) is 0. The van der Waals surface area contributed by atoms with Gasteiger partial charge < -0.3 is 10.1 Å². The SMILES string of the molecule is O=C(CSc1nnc(COc2ccccc2Cl)n1-c1ccccc1)NC1CCCC1. The molecule has 30 heavy (non-hydrogen) atoms. The number of thioether (sulfide) groups is 1. The second-order valence-electron chi connectivity index (χ2n) is 7.13. The molecule has 0 radical (unpaired) electrons. The molecule has 0 saturated heterocycles. The highest BCUT2D eigenvalue weighted by atomic mass is 35.5. The number of nitrogens with zero attached hydrogens (tertiary/aromatic N) is 3. The van der Waals surface area contributed by atoms with Gasteiger partial charge in [0.05, 0.1) is 10.8 Å². The minimum absolute atomic E-state index is 0.0309. The predicted octanol–water partition coefficient (Wildman–Crippen LogP) is 4.65. The number of carbonyl (C=O) groups excluding carboxylic acids is 1. The number of nitrogens with one attached hydrogen (secondary N) is 1. The van der Waals surface area contributed by atoms with E-state index in [0.29, 0.717) is 33.5 Å². The highest BCUT2D eigenvalue weighted by molar-refractivity contribution is 7.99. The van der Waals surface area contributed by atoms with Gasteiger partial charge in [0.25, 0.3) is 0 Å². The molecule has 1 aliphatic carbocycles. The third-order valence-electron chi connectivity index (χ3n) is 4.96. The van der Waals surface area contributed by atoms with Crippen LogP contribution in [0.2, 0.25) is 5.02 Å². The predicted molar refractivity (Wildman–Crippen MR) is 118 cm³/mol. The first-order valence-corrected chi connectivity index (χ1v) is 11.4. The van der Waals surface area contributed by atoms with Crippen molar-refractivity contribution < 1.29 is 9.53 Å². The Morgan fingerprint density at radius 2 is 1.83 bits per heavy atom. The third-order valence-corrected chi connectivity index (χ3v) is 6.20. The van der Waals surface area contributed by atoms with Gasteiger partial charge in [-0.05, 0) is 37.1 Å². The van der Waals surface area contributed by atoms with Crippen molar-refractivity contribution in [1.29, 1.82) is 0 Å². The molecule has 0 aliphatic heterocycles. The minimum Gasteiger partial charge on any atom is -0.484 e. The molecule has 1 saturated carbocycles. The average molecular weight is 443 g/mol. The maximum absolute atomic E-state index is 12.3. The van der Waals surface area contributed by atoms with Gasteiger partial charge in [-0.3, -0.25) is 9.36 Å². The summed E-state index contributed by atoms with van der Waals surface area (Å²) in [6.07, 6.45) is 4.52. The molecule has 2 aromatic carbocycles. The summed E-state index contributed by atoms with van der Waals surface area (Å²) in [4.78, 5) is 12.3. The topological polar surface area (TPSA) is 69.0 Å². The van der Waals surface area contributed by atoms with Crippen molar-refractivity contribution in [3.05, 3.63) is 65.4 Å². The zero-order valence-corrected chi connectivity index (χ0v) is 18.0. The van der Waals surface area contributed by atoms with E-state index in [1.165, 1.54) is 24.6 Å². The van der Waals surface area contributed by atoms with Gasteiger partial charge in [0.2, 0.25) is 5.91 Å². The van der Waals surface area contributed by atoms with E-state index >= 15 is 0 Å². The molecular formula is C22H23ClN4O2S. The van der Waals surface area contributed by atoms with Gasteiger partial charge in [0, 0.05) is 11.7 Å². The summed E-state index contributed by atoms with van der Waals surface area (Å²) in [5, 5.41) is 12.9. The van der Waals surface area contributed by atoms with Gasteiger partial charge in [-0.1, -0.05) is 66.5 Å². The molecule has 1 aliphatic rings. The first-order chi connectivity index (χ1) is 14.7. The van der Waals surface area contributed by atoms with E-state index in [-0.39, 0.29) is 12.5 Å². The number of halogens is 1. The number of hydrogen-bond donors (Lipinski definition) is 1. The zero-order valence-electron chi connectivity index (χ0n) is 16.5. The van der Waals surface area contributed by atoms with Crippen molar-refractivity contribution >= 4 is 29.3 Å². The van der Waals surface area contributed by atoms with Crippen LogP contribution in [0, 0.1) is 0 Å². The first kappa shape index (κ1) is 20.8. The number of aromatic nitrogens is 3. The molecule has 4 rings (SSSR count). The number of amides is 1. The molecule has 0 unspecified atom stereocenters. The van der Waals surface area contributed by atoms with Crippen molar-refractivity contribution in [2.24, 2.45) is 0 Å². The van der Waals surface area contributed by atoms with Crippen LogP contribution in [-0.4, -0.2) is 32.5 Å². The van der Waals surface area contributed by atoms with Crippen LogP contribution < -0.4 is 10.1 Å². The molecule has 1 amide bonds. The Labute approximate surface area is 185 Å². The Morgan fingerprint density at radius 3 is 2.60 bits per heavy atom. The van der Waals surface area contributed by atoms with Gasteiger partial charge in [-0.2, -0.15) is 0 Å². The summed E-state index contributed by atoms with van der Waals surface area (Å²) in [5.74, 6) is 1.56. The van der Waals surface area contributed by atoms with Crippen LogP contribution in [0.4, 0.5) is 0 Å². The Morgan fingerprint density at radius 1 is 1.10 bits per heavy atom. The normalized spacial score (nSPS) is 14.0. The van der Waals surface area contributed by atoms with Crippen LogP contribution in [0.25, 0.3) is 5.69 Å². The molecule has 0 bridgehead atoms. The van der Waals surface area contributed by atoms with Crippen molar-refractivity contribution in [2.45, 2.75) is 43.5 Å². The lowest BCUT2D eigenvalue weighted by atomic mass is 10.2. The Kier molecular flexibility index (Phi) is 6.92. The van der Waals surface area contributed by atoms with E-state index in [9.17, 15) is 4.79 Å². The smallest absolute Gasteiger partial charge is 0.230 e. The van der Waals surface area contributed by atoms with Gasteiger partial charge in [-0.25, -0.2) is 0 Å². The van der Waals surface area contributed by atoms with Crippen molar-refractivity contribution in [2.75, 3.05) is 5.75 Å². The highest BCUT2D eigenvalue weighted by Gasteiger charge is 2.19. The summed E-state index contributed by atoms with van der Waals surface area (Å²) in [6.45, 7) is 0.209. The quantitative estimate of drug-likeness (QED) is 0.514. The number of ether oxygens (including phenoxy) is 1. The van der Waals surface area contributed by atoms with E-state index in [4.69, 9.17) is 16.3 Å². The van der Waals surface area contributed by atoms with Crippen LogP contribution in [0.1, 0.15) is 31.5 Å². The lowest BCUT2D eigenvalue weighted by Gasteiger charge is -2.13. The fraction of sp³-hybridized carbons (Fsp3) is 0.318. The molecule has 3 aromatic rings. The standard InChI is InChI=1S/C22H23ClN4O2S/c23-18-12-6-7-13-19(18)29-14-20-25-26-22(27(20)17-10-2-1-3-11-17)30-15-21(28)24-16-8-4-5-9-16/h1-3,6-7,10-13,16H,4-5,8-9,14-15H2,(H,24,28). The number of rotatable bonds is 8. The molecule has 1 N–H and O–H groups in total. The molecule has 1 heterocycles. The lowest BCUT2D eigenvalue weighted by molar-refractivity contribution is -0.119. The maximum Gasteiger partial charge on any atom is 0.230 e. The molecule has 156 valence electrons. The van der Waals surface area contributed by atoms with Crippen molar-refractivity contribution in [1.82, 2.24) is 20.1 Å². The van der Waals surface area contributed by atoms with E-state index in [2.05, 4.69) is 15.5 Å². The van der Waals surface area contributed by atoms with Crippen LogP contribution in [-0.2, 0) is 11.4 Å². The average Bonchev–Trinajstić information content (AvgIpc) is 3.42. The van der Waals surface area contributed by atoms with E-state index in [1.54, 1.807) is 6.07 Å². The monoisotopic (exact) mass is 442 g/mol. The first-order valence-electron chi connectivity index (χ1n) is 10.00. The minimum atomic E-state index is 0.0309. The lowest BCUT2D eigenvalue weighted by Crippen LogP contribution is -2.33. The Balaban J connectivity index is 1.49. The molecule has 1 fully saturated rings. The Hall–Kier alpha value is -2.51. The number of benzene rings is 2. The maximum atomic E-state index is 12.3. The van der Waals surface area contributed by atoms with Gasteiger partial charge >= 0.3 is 0 Å². The van der Waals surface area contributed by atoms with Crippen molar-refractivity contribution in [3.63, 3.8) is 0 Å². The number of carbonyl (C=O) groups is 1. The molecule has 8 heteroatoms. The summed E-state index contributed by atoms with van der Waals surface area (Å²) < 4.78 is 7.79. The summed E-state index contributed by atoms with van der Waals surface area (Å²) >= 11 is 7.57. The van der Waals surface area contributed by atoms with Crippen LogP contribution in [0.15, 0.2) is 59.8 Å². The summed E-state index contributed by atoms with van der Waals surface area (Å²) in [5.41, 5.74) is 0.916. The fourth-order valence-corrected chi connectivity index (χ4v) is 4.47. The largest absolute Gasteiger partial charge is 0.484 e. The van der Waals surface area contributed by atoms with E-state index in [0.717, 1.165) is 18.5 Å². The number of para-hydroxylation sites is 2. The molecule has 0 atom stereocenters. The second kappa shape index (κ2) is 10.00. The zero-order chi connectivity index (χ0) is 20.8. The third kappa shape index (κ3) is 5.15. The van der Waals surface area contributed by atoms with Gasteiger partial charge in [0.1, 0.15) is 12.4 Å². The molecule has 0 spiro atoms. The van der Waals surface area contributed by atoms with Crippen LogP contribution in [0.5, 0.6) is 5.75 Å². The fourth-order valence-electron chi connectivity index (χ4n) is 3.50. The van der Waals surface area contributed by atoms with Crippen LogP contribution in [0.3, 0.4) is 0 Å². The van der Waals surface area contributed by atoms with Crippen LogP contribution >= 0.6 is 23.4 Å². The van der Waals surface area contributed by atoms with Gasteiger partial charge in [-0.15, -0.1) is 10.2 Å². The molecule has 1 aromatic heterocycles. The molecule has 6 nitrogen and oxygen atoms in total. The van der Waals surface area contributed by atoms with E-state index < -0.39 is 0 Å². The van der Waals surface area contributed by atoms with Crippen molar-refractivity contribution in [3.8, 4) is 11.4 Å². The summed E-state index contributed by atoms with van der Waals surface area (Å²) in [6, 6.07) is 17.4. The number of hydrogen-bond acceptors (Lipinski definition) is 5. The highest BCUT2D eigenvalue weighted by Crippen LogP contribution is 2.26. The molecular weight excluding hydrogens is 420 g/mol.